The van der Waals surface area contributed by atoms with Crippen molar-refractivity contribution in [3.63, 3.8) is 0 Å². The van der Waals surface area contributed by atoms with Crippen molar-refractivity contribution in [3.8, 4) is 11.8 Å². The quantitative estimate of drug-likeness (QED) is 0.681. The van der Waals surface area contributed by atoms with E-state index in [1.54, 1.807) is 13.2 Å². The SMILES string of the molecule is COc1c(C#N)ccc2ccccc12. The van der Waals surface area contributed by atoms with E-state index in [0.717, 1.165) is 10.8 Å². The summed E-state index contributed by atoms with van der Waals surface area (Å²) in [6.07, 6.45) is 0. The summed E-state index contributed by atoms with van der Waals surface area (Å²) >= 11 is 0. The second-order valence-corrected chi connectivity index (χ2v) is 2.98. The molecule has 14 heavy (non-hydrogen) atoms. The number of hydrogen-bond donors (Lipinski definition) is 0. The fraction of sp³-hybridized carbons (Fsp3) is 0.0833. The highest BCUT2D eigenvalue weighted by Crippen LogP contribution is 2.28. The van der Waals surface area contributed by atoms with Crippen molar-refractivity contribution < 1.29 is 4.74 Å². The molecule has 0 fully saturated rings. The molecule has 0 saturated heterocycles. The zero-order chi connectivity index (χ0) is 9.97. The highest BCUT2D eigenvalue weighted by atomic mass is 16.5. The van der Waals surface area contributed by atoms with Gasteiger partial charge in [0.2, 0.25) is 0 Å². The maximum Gasteiger partial charge on any atom is 0.144 e. The molecule has 0 atom stereocenters. The van der Waals surface area contributed by atoms with Gasteiger partial charge in [-0.2, -0.15) is 5.26 Å². The van der Waals surface area contributed by atoms with Crippen LogP contribution < -0.4 is 4.74 Å². The average molecular weight is 183 g/mol. The molecule has 2 heteroatoms. The van der Waals surface area contributed by atoms with Crippen LogP contribution in [0.15, 0.2) is 36.4 Å². The van der Waals surface area contributed by atoms with E-state index in [1.165, 1.54) is 0 Å². The molecule has 0 radical (unpaired) electrons. The van der Waals surface area contributed by atoms with Crippen LogP contribution in [-0.2, 0) is 0 Å². The van der Waals surface area contributed by atoms with E-state index in [1.807, 2.05) is 30.3 Å². The number of rotatable bonds is 1. The first-order chi connectivity index (χ1) is 6.86. The Morgan fingerprint density at radius 1 is 1.14 bits per heavy atom. The third-order valence-corrected chi connectivity index (χ3v) is 2.20. The Morgan fingerprint density at radius 3 is 2.64 bits per heavy atom. The molecule has 2 rings (SSSR count). The molecule has 0 bridgehead atoms. The Bertz CT molecular complexity index is 511. The Hall–Kier alpha value is -2.01. The molecule has 0 saturated carbocycles. The van der Waals surface area contributed by atoms with Crippen LogP contribution in [0.25, 0.3) is 10.8 Å². The number of nitrogens with zero attached hydrogens (tertiary/aromatic N) is 1. The van der Waals surface area contributed by atoms with Crippen LogP contribution in [0.3, 0.4) is 0 Å². The van der Waals surface area contributed by atoms with Crippen LogP contribution in [0.2, 0.25) is 0 Å². The molecule has 0 heterocycles. The van der Waals surface area contributed by atoms with E-state index in [-0.39, 0.29) is 0 Å². The summed E-state index contributed by atoms with van der Waals surface area (Å²) in [7, 11) is 1.59. The molecule has 0 aliphatic heterocycles. The van der Waals surface area contributed by atoms with Gasteiger partial charge in [0.05, 0.1) is 12.7 Å². The lowest BCUT2D eigenvalue weighted by molar-refractivity contribution is 0.418. The van der Waals surface area contributed by atoms with Gasteiger partial charge in [0.25, 0.3) is 0 Å². The minimum Gasteiger partial charge on any atom is -0.495 e. The minimum atomic E-state index is 0.575. The summed E-state index contributed by atoms with van der Waals surface area (Å²) in [4.78, 5) is 0. The predicted octanol–water partition coefficient (Wildman–Crippen LogP) is 2.72. The summed E-state index contributed by atoms with van der Waals surface area (Å²) in [6, 6.07) is 13.7. The second kappa shape index (κ2) is 3.39. The van der Waals surface area contributed by atoms with Crippen LogP contribution in [-0.4, -0.2) is 7.11 Å². The molecular weight excluding hydrogens is 174 g/mol. The molecule has 0 spiro atoms. The maximum atomic E-state index is 8.88. The van der Waals surface area contributed by atoms with Crippen LogP contribution >= 0.6 is 0 Å². The third kappa shape index (κ3) is 1.20. The molecule has 0 aromatic heterocycles. The van der Waals surface area contributed by atoms with Gasteiger partial charge in [0, 0.05) is 5.39 Å². The van der Waals surface area contributed by atoms with Crippen molar-refractivity contribution in [2.75, 3.05) is 7.11 Å². The van der Waals surface area contributed by atoms with Crippen LogP contribution in [0.4, 0.5) is 0 Å². The number of ether oxygens (including phenoxy) is 1. The first-order valence-electron chi connectivity index (χ1n) is 4.32. The molecule has 2 aromatic rings. The summed E-state index contributed by atoms with van der Waals surface area (Å²) in [5.41, 5.74) is 0.575. The van der Waals surface area contributed by atoms with Crippen molar-refractivity contribution >= 4 is 10.8 Å². The zero-order valence-corrected chi connectivity index (χ0v) is 7.82. The van der Waals surface area contributed by atoms with Crippen LogP contribution in [0, 0.1) is 11.3 Å². The smallest absolute Gasteiger partial charge is 0.144 e. The number of hydrogen-bond acceptors (Lipinski definition) is 2. The lowest BCUT2D eigenvalue weighted by Gasteiger charge is -2.06. The number of fused-ring (bicyclic) bond motifs is 1. The normalized spacial score (nSPS) is 9.71. The molecule has 0 aliphatic carbocycles. The molecule has 0 N–H and O–H groups in total. The van der Waals surface area contributed by atoms with Crippen molar-refractivity contribution in [1.82, 2.24) is 0 Å². The maximum absolute atomic E-state index is 8.88. The molecule has 68 valence electrons. The highest BCUT2D eigenvalue weighted by molar-refractivity contribution is 5.90. The standard InChI is InChI=1S/C12H9NO/c1-14-12-10(8-13)7-6-9-4-2-3-5-11(9)12/h2-7H,1H3. The predicted molar refractivity (Wildman–Crippen MR) is 55.2 cm³/mol. The van der Waals surface area contributed by atoms with Crippen molar-refractivity contribution in [2.24, 2.45) is 0 Å². The van der Waals surface area contributed by atoms with Crippen molar-refractivity contribution in [3.05, 3.63) is 42.0 Å². The van der Waals surface area contributed by atoms with Crippen LogP contribution in [0.5, 0.6) is 5.75 Å². The van der Waals surface area contributed by atoms with Crippen molar-refractivity contribution in [2.45, 2.75) is 0 Å². The molecule has 2 aromatic carbocycles. The molecular formula is C12H9NO. The van der Waals surface area contributed by atoms with E-state index in [9.17, 15) is 0 Å². The fourth-order valence-electron chi connectivity index (χ4n) is 1.55. The summed E-state index contributed by atoms with van der Waals surface area (Å²) in [5, 5.41) is 10.9. The molecule has 0 unspecified atom stereocenters. The Kier molecular flexibility index (Phi) is 2.08. The monoisotopic (exact) mass is 183 g/mol. The van der Waals surface area contributed by atoms with E-state index < -0.39 is 0 Å². The zero-order valence-electron chi connectivity index (χ0n) is 7.82. The van der Waals surface area contributed by atoms with Gasteiger partial charge in [-0.15, -0.1) is 0 Å². The largest absolute Gasteiger partial charge is 0.495 e. The molecule has 0 aliphatic rings. The number of benzene rings is 2. The second-order valence-electron chi connectivity index (χ2n) is 2.98. The molecule has 0 amide bonds. The third-order valence-electron chi connectivity index (χ3n) is 2.20. The van der Waals surface area contributed by atoms with Gasteiger partial charge < -0.3 is 4.74 Å². The summed E-state index contributed by atoms with van der Waals surface area (Å²) < 4.78 is 5.23. The van der Waals surface area contributed by atoms with Gasteiger partial charge in [-0.1, -0.05) is 30.3 Å². The van der Waals surface area contributed by atoms with Gasteiger partial charge >= 0.3 is 0 Å². The van der Waals surface area contributed by atoms with E-state index >= 15 is 0 Å². The lowest BCUT2D eigenvalue weighted by Crippen LogP contribution is -1.89. The number of nitriles is 1. The Labute approximate surface area is 82.3 Å². The van der Waals surface area contributed by atoms with Gasteiger partial charge in [0.1, 0.15) is 11.8 Å². The van der Waals surface area contributed by atoms with E-state index in [4.69, 9.17) is 10.00 Å². The van der Waals surface area contributed by atoms with Gasteiger partial charge in [-0.3, -0.25) is 0 Å². The fourth-order valence-corrected chi connectivity index (χ4v) is 1.55. The van der Waals surface area contributed by atoms with E-state index in [2.05, 4.69) is 6.07 Å². The van der Waals surface area contributed by atoms with Crippen LogP contribution in [0.1, 0.15) is 5.56 Å². The average Bonchev–Trinajstić information content (AvgIpc) is 2.27. The topological polar surface area (TPSA) is 33.0 Å². The minimum absolute atomic E-state index is 0.575. The van der Waals surface area contributed by atoms with Gasteiger partial charge in [0.15, 0.2) is 0 Å². The Morgan fingerprint density at radius 2 is 1.93 bits per heavy atom. The Balaban J connectivity index is 2.85. The first-order valence-corrected chi connectivity index (χ1v) is 4.32. The van der Waals surface area contributed by atoms with Crippen molar-refractivity contribution in [1.29, 1.82) is 5.26 Å². The number of methoxy groups -OCH3 is 1. The lowest BCUT2D eigenvalue weighted by atomic mass is 10.1. The molecule has 2 nitrogen and oxygen atoms in total. The van der Waals surface area contributed by atoms with E-state index in [0.29, 0.717) is 11.3 Å². The van der Waals surface area contributed by atoms with Gasteiger partial charge in [-0.05, 0) is 11.5 Å². The highest BCUT2D eigenvalue weighted by Gasteiger charge is 2.06. The van der Waals surface area contributed by atoms with Gasteiger partial charge in [-0.25, -0.2) is 0 Å². The summed E-state index contributed by atoms with van der Waals surface area (Å²) in [5.74, 6) is 0.658. The first kappa shape index (κ1) is 8.58. The summed E-state index contributed by atoms with van der Waals surface area (Å²) in [6.45, 7) is 0.